The summed E-state index contributed by atoms with van der Waals surface area (Å²) >= 11 is 1.58. The van der Waals surface area contributed by atoms with E-state index in [2.05, 4.69) is 23.2 Å². The molecule has 0 aliphatic heterocycles. The summed E-state index contributed by atoms with van der Waals surface area (Å²) in [4.78, 5) is 11.6. The predicted octanol–water partition coefficient (Wildman–Crippen LogP) is 3.75. The zero-order valence-electron chi connectivity index (χ0n) is 15.5. The van der Waals surface area contributed by atoms with Crippen molar-refractivity contribution in [2.24, 2.45) is 7.05 Å². The molecule has 7 heteroatoms. The molecule has 0 aliphatic rings. The Morgan fingerprint density at radius 1 is 1.15 bits per heavy atom. The minimum atomic E-state index is -0.377. The maximum absolute atomic E-state index is 11.6. The van der Waals surface area contributed by atoms with Crippen LogP contribution in [0.1, 0.15) is 15.9 Å². The minimum absolute atomic E-state index is 0.377. The third kappa shape index (κ3) is 4.49. The fourth-order valence-electron chi connectivity index (χ4n) is 2.62. The van der Waals surface area contributed by atoms with Crippen LogP contribution in [0.3, 0.4) is 0 Å². The van der Waals surface area contributed by atoms with Gasteiger partial charge in [0.15, 0.2) is 11.0 Å². The van der Waals surface area contributed by atoms with Gasteiger partial charge in [0, 0.05) is 18.4 Å². The van der Waals surface area contributed by atoms with E-state index in [1.54, 1.807) is 30.0 Å². The molecule has 6 nitrogen and oxygen atoms in total. The molecule has 0 unspecified atom stereocenters. The Morgan fingerprint density at radius 2 is 1.96 bits per heavy atom. The van der Waals surface area contributed by atoms with Crippen molar-refractivity contribution in [2.45, 2.75) is 12.1 Å². The van der Waals surface area contributed by atoms with Crippen LogP contribution in [0.25, 0.3) is 11.4 Å². The van der Waals surface area contributed by atoms with Crippen LogP contribution < -0.4 is 4.74 Å². The largest absolute Gasteiger partial charge is 0.493 e. The normalized spacial score (nSPS) is 10.6. The van der Waals surface area contributed by atoms with E-state index in [4.69, 9.17) is 9.47 Å². The van der Waals surface area contributed by atoms with Gasteiger partial charge >= 0.3 is 5.97 Å². The number of nitrogens with zero attached hydrogens (tertiary/aromatic N) is 3. The molecule has 0 saturated heterocycles. The first kappa shape index (κ1) is 19.0. The zero-order valence-corrected chi connectivity index (χ0v) is 16.3. The van der Waals surface area contributed by atoms with Crippen molar-refractivity contribution in [3.05, 3.63) is 59.7 Å². The van der Waals surface area contributed by atoms with Gasteiger partial charge in [-0.15, -0.1) is 10.2 Å². The van der Waals surface area contributed by atoms with Crippen LogP contribution in [0.5, 0.6) is 5.75 Å². The van der Waals surface area contributed by atoms with Crippen molar-refractivity contribution in [1.82, 2.24) is 14.8 Å². The highest BCUT2D eigenvalue weighted by molar-refractivity contribution is 7.99. The minimum Gasteiger partial charge on any atom is -0.493 e. The number of thioether (sulfide) groups is 1. The van der Waals surface area contributed by atoms with Gasteiger partial charge in [-0.25, -0.2) is 4.79 Å². The average Bonchev–Trinajstić information content (AvgIpc) is 3.05. The van der Waals surface area contributed by atoms with Crippen LogP contribution in [0.2, 0.25) is 0 Å². The van der Waals surface area contributed by atoms with Gasteiger partial charge in [0.25, 0.3) is 0 Å². The first-order valence-electron chi connectivity index (χ1n) is 8.49. The topological polar surface area (TPSA) is 66.2 Å². The average molecular weight is 383 g/mol. The summed E-state index contributed by atoms with van der Waals surface area (Å²) in [5, 5.41) is 9.44. The maximum atomic E-state index is 11.6. The van der Waals surface area contributed by atoms with E-state index in [9.17, 15) is 4.79 Å². The lowest BCUT2D eigenvalue weighted by Crippen LogP contribution is -2.04. The third-order valence-electron chi connectivity index (χ3n) is 4.06. The highest BCUT2D eigenvalue weighted by atomic mass is 32.2. The maximum Gasteiger partial charge on any atom is 0.337 e. The molecule has 0 saturated carbocycles. The number of benzene rings is 2. The first-order valence-corrected chi connectivity index (χ1v) is 9.48. The molecular formula is C20H21N3O3S. The standard InChI is InChI=1S/C20H21N3O3S/c1-14-7-4-5-10-17(14)18-21-22-20(23(18)2)27-12-11-26-16-9-6-8-15(13-16)19(24)25-3/h4-10,13H,11-12H2,1-3H3. The van der Waals surface area contributed by atoms with Gasteiger partial charge in [0.05, 0.1) is 19.3 Å². The monoisotopic (exact) mass is 383 g/mol. The second-order valence-electron chi connectivity index (χ2n) is 5.90. The van der Waals surface area contributed by atoms with Gasteiger partial charge in [-0.05, 0) is 30.7 Å². The van der Waals surface area contributed by atoms with Gasteiger partial charge in [-0.1, -0.05) is 42.1 Å². The summed E-state index contributed by atoms with van der Waals surface area (Å²) in [6.45, 7) is 2.55. The Labute approximate surface area is 162 Å². The van der Waals surface area contributed by atoms with Gasteiger partial charge in [0.2, 0.25) is 0 Å². The lowest BCUT2D eigenvalue weighted by atomic mass is 10.1. The quantitative estimate of drug-likeness (QED) is 0.352. The van der Waals surface area contributed by atoms with Crippen LogP contribution in [0.4, 0.5) is 0 Å². The summed E-state index contributed by atoms with van der Waals surface area (Å²) in [6, 6.07) is 15.1. The number of ether oxygens (including phenoxy) is 2. The molecule has 140 valence electrons. The number of hydrogen-bond acceptors (Lipinski definition) is 6. The number of carbonyl (C=O) groups excluding carboxylic acids is 1. The van der Waals surface area contributed by atoms with Crippen LogP contribution in [0, 0.1) is 6.92 Å². The molecular weight excluding hydrogens is 362 g/mol. The Bertz CT molecular complexity index is 940. The lowest BCUT2D eigenvalue weighted by Gasteiger charge is -2.08. The van der Waals surface area contributed by atoms with E-state index in [1.807, 2.05) is 35.9 Å². The Morgan fingerprint density at radius 3 is 2.74 bits per heavy atom. The number of methoxy groups -OCH3 is 1. The predicted molar refractivity (Wildman–Crippen MR) is 105 cm³/mol. The van der Waals surface area contributed by atoms with E-state index in [0.29, 0.717) is 23.7 Å². The number of aryl methyl sites for hydroxylation is 1. The van der Waals surface area contributed by atoms with Gasteiger partial charge in [0.1, 0.15) is 5.75 Å². The molecule has 0 fully saturated rings. The van der Waals surface area contributed by atoms with E-state index in [1.165, 1.54) is 12.7 Å². The third-order valence-corrected chi connectivity index (χ3v) is 5.04. The number of carbonyl (C=O) groups is 1. The molecule has 0 bridgehead atoms. The van der Waals surface area contributed by atoms with E-state index >= 15 is 0 Å². The summed E-state index contributed by atoms with van der Waals surface area (Å²) in [5.41, 5.74) is 2.72. The molecule has 3 aromatic rings. The zero-order chi connectivity index (χ0) is 19.2. The van der Waals surface area contributed by atoms with E-state index < -0.39 is 0 Å². The second kappa shape index (κ2) is 8.73. The summed E-state index contributed by atoms with van der Waals surface area (Å²) in [6.07, 6.45) is 0. The van der Waals surface area contributed by atoms with Gasteiger partial charge < -0.3 is 14.0 Å². The molecule has 27 heavy (non-hydrogen) atoms. The summed E-state index contributed by atoms with van der Waals surface area (Å²) < 4.78 is 12.4. The van der Waals surface area contributed by atoms with Crippen molar-refractivity contribution in [2.75, 3.05) is 19.5 Å². The van der Waals surface area contributed by atoms with Crippen molar-refractivity contribution in [1.29, 1.82) is 0 Å². The molecule has 2 aromatic carbocycles. The Balaban J connectivity index is 1.58. The van der Waals surface area contributed by atoms with E-state index in [-0.39, 0.29) is 5.97 Å². The van der Waals surface area contributed by atoms with Crippen LogP contribution in [0.15, 0.2) is 53.7 Å². The fraction of sp³-hybridized carbons (Fsp3) is 0.250. The van der Waals surface area contributed by atoms with Crippen molar-refractivity contribution in [3.63, 3.8) is 0 Å². The second-order valence-corrected chi connectivity index (χ2v) is 6.96. The van der Waals surface area contributed by atoms with Gasteiger partial charge in [-0.3, -0.25) is 0 Å². The molecule has 0 radical (unpaired) electrons. The number of hydrogen-bond donors (Lipinski definition) is 0. The van der Waals surface area contributed by atoms with Crippen molar-refractivity contribution >= 4 is 17.7 Å². The number of aromatic nitrogens is 3. The molecule has 0 amide bonds. The van der Waals surface area contributed by atoms with Crippen molar-refractivity contribution in [3.8, 4) is 17.1 Å². The lowest BCUT2D eigenvalue weighted by molar-refractivity contribution is 0.0600. The highest BCUT2D eigenvalue weighted by Gasteiger charge is 2.13. The number of esters is 1. The number of rotatable bonds is 7. The Kier molecular flexibility index (Phi) is 6.13. The molecule has 0 aliphatic carbocycles. The van der Waals surface area contributed by atoms with Crippen molar-refractivity contribution < 1.29 is 14.3 Å². The molecule has 1 heterocycles. The highest BCUT2D eigenvalue weighted by Crippen LogP contribution is 2.25. The first-order chi connectivity index (χ1) is 13.1. The van der Waals surface area contributed by atoms with E-state index in [0.717, 1.165) is 16.5 Å². The molecule has 0 atom stereocenters. The molecule has 0 spiro atoms. The smallest absolute Gasteiger partial charge is 0.337 e. The Hall–Kier alpha value is -2.80. The molecule has 3 rings (SSSR count). The summed E-state index contributed by atoms with van der Waals surface area (Å²) in [7, 11) is 3.32. The van der Waals surface area contributed by atoms with Crippen LogP contribution in [-0.2, 0) is 11.8 Å². The molecule has 1 aromatic heterocycles. The van der Waals surface area contributed by atoms with Crippen LogP contribution in [-0.4, -0.2) is 40.2 Å². The van der Waals surface area contributed by atoms with Gasteiger partial charge in [-0.2, -0.15) is 0 Å². The SMILES string of the molecule is COC(=O)c1cccc(OCCSc2nnc(-c3ccccc3C)n2C)c1. The summed E-state index contributed by atoms with van der Waals surface area (Å²) in [5.74, 6) is 1.82. The molecule has 0 N–H and O–H groups in total. The van der Waals surface area contributed by atoms with Crippen LogP contribution >= 0.6 is 11.8 Å². The fourth-order valence-corrected chi connectivity index (χ4v) is 3.35.